The lowest BCUT2D eigenvalue weighted by Gasteiger charge is -2.37. The Kier molecular flexibility index (Phi) is 5.52. The minimum atomic E-state index is 0.00831. The molecular weight excluding hydrogens is 452 g/mol. The smallest absolute Gasteiger partial charge is 0.254 e. The Labute approximate surface area is 209 Å². The predicted molar refractivity (Wildman–Crippen MR) is 139 cm³/mol. The SMILES string of the molecule is Cc1cccc(N2CCN(C(=O)c3ccc4nc(-c5ccco5)c(-c5ccco5)nc4c3)CC2)c1C. The monoisotopic (exact) mass is 478 g/mol. The van der Waals surface area contributed by atoms with Gasteiger partial charge in [0.2, 0.25) is 0 Å². The molecule has 0 aliphatic carbocycles. The van der Waals surface area contributed by atoms with Crippen LogP contribution in [-0.2, 0) is 0 Å². The summed E-state index contributed by atoms with van der Waals surface area (Å²) in [7, 11) is 0. The van der Waals surface area contributed by atoms with Gasteiger partial charge in [0.15, 0.2) is 11.5 Å². The first-order chi connectivity index (χ1) is 17.6. The highest BCUT2D eigenvalue weighted by Crippen LogP contribution is 2.32. The molecular formula is C29H26N4O3. The number of benzene rings is 2. The topological polar surface area (TPSA) is 75.6 Å². The third-order valence-electron chi connectivity index (χ3n) is 6.90. The number of anilines is 1. The molecule has 1 aliphatic heterocycles. The molecule has 0 bridgehead atoms. The minimum absolute atomic E-state index is 0.00831. The van der Waals surface area contributed by atoms with E-state index < -0.39 is 0 Å². The Balaban J connectivity index is 1.27. The van der Waals surface area contributed by atoms with E-state index in [9.17, 15) is 4.79 Å². The fourth-order valence-electron chi connectivity index (χ4n) is 4.77. The molecule has 0 unspecified atom stereocenters. The van der Waals surface area contributed by atoms with Crippen LogP contribution in [0.1, 0.15) is 21.5 Å². The van der Waals surface area contributed by atoms with Crippen LogP contribution in [0.25, 0.3) is 33.9 Å². The summed E-state index contributed by atoms with van der Waals surface area (Å²) in [5.74, 6) is 1.21. The van der Waals surface area contributed by atoms with Crippen LogP contribution in [0.4, 0.5) is 5.69 Å². The largest absolute Gasteiger partial charge is 0.463 e. The van der Waals surface area contributed by atoms with E-state index in [1.54, 1.807) is 12.5 Å². The number of rotatable bonds is 4. The Hall–Kier alpha value is -4.39. The van der Waals surface area contributed by atoms with Crippen LogP contribution in [0.2, 0.25) is 0 Å². The second-order valence-electron chi connectivity index (χ2n) is 9.08. The highest BCUT2D eigenvalue weighted by atomic mass is 16.3. The summed E-state index contributed by atoms with van der Waals surface area (Å²) < 4.78 is 11.2. The first-order valence-electron chi connectivity index (χ1n) is 12.1. The molecule has 6 rings (SSSR count). The van der Waals surface area contributed by atoms with Gasteiger partial charge < -0.3 is 18.6 Å². The molecule has 0 radical (unpaired) electrons. The van der Waals surface area contributed by atoms with Gasteiger partial charge in [-0.15, -0.1) is 0 Å². The average molecular weight is 479 g/mol. The predicted octanol–water partition coefficient (Wildman–Crippen LogP) is 5.73. The van der Waals surface area contributed by atoms with Crippen LogP contribution in [0, 0.1) is 13.8 Å². The van der Waals surface area contributed by atoms with Crippen molar-refractivity contribution in [1.82, 2.24) is 14.9 Å². The van der Waals surface area contributed by atoms with Crippen molar-refractivity contribution in [3.05, 3.63) is 89.9 Å². The molecule has 180 valence electrons. The van der Waals surface area contributed by atoms with E-state index in [2.05, 4.69) is 36.9 Å². The van der Waals surface area contributed by atoms with Crippen LogP contribution < -0.4 is 4.90 Å². The molecule has 36 heavy (non-hydrogen) atoms. The van der Waals surface area contributed by atoms with Crippen molar-refractivity contribution in [2.24, 2.45) is 0 Å². The number of carbonyl (C=O) groups is 1. The summed E-state index contributed by atoms with van der Waals surface area (Å²) in [6, 6.07) is 19.2. The summed E-state index contributed by atoms with van der Waals surface area (Å²) in [6.45, 7) is 7.25. The molecule has 7 nitrogen and oxygen atoms in total. The first kappa shape index (κ1) is 22.1. The van der Waals surface area contributed by atoms with Crippen molar-refractivity contribution < 1.29 is 13.6 Å². The zero-order valence-corrected chi connectivity index (χ0v) is 20.3. The van der Waals surface area contributed by atoms with Gasteiger partial charge in [-0.05, 0) is 73.5 Å². The second kappa shape index (κ2) is 9.00. The van der Waals surface area contributed by atoms with Crippen molar-refractivity contribution in [2.75, 3.05) is 31.1 Å². The number of amides is 1. The molecule has 0 saturated carbocycles. The molecule has 3 aromatic heterocycles. The maximum Gasteiger partial charge on any atom is 0.254 e. The van der Waals surface area contributed by atoms with E-state index in [-0.39, 0.29) is 5.91 Å². The molecule has 1 fully saturated rings. The summed E-state index contributed by atoms with van der Waals surface area (Å²) >= 11 is 0. The lowest BCUT2D eigenvalue weighted by molar-refractivity contribution is 0.0747. The molecule has 1 aliphatic rings. The molecule has 1 amide bonds. The zero-order valence-electron chi connectivity index (χ0n) is 20.3. The van der Waals surface area contributed by atoms with Gasteiger partial charge >= 0.3 is 0 Å². The molecule has 5 aromatic rings. The first-order valence-corrected chi connectivity index (χ1v) is 12.1. The van der Waals surface area contributed by atoms with Gasteiger partial charge in [-0.2, -0.15) is 0 Å². The van der Waals surface area contributed by atoms with E-state index in [0.717, 1.165) is 13.1 Å². The maximum atomic E-state index is 13.4. The number of fused-ring (bicyclic) bond motifs is 1. The average Bonchev–Trinajstić information content (AvgIpc) is 3.64. The highest BCUT2D eigenvalue weighted by molar-refractivity contribution is 5.98. The fourth-order valence-corrected chi connectivity index (χ4v) is 4.77. The number of aryl methyl sites for hydroxylation is 1. The number of piperazine rings is 1. The standard InChI is InChI=1S/C29H26N4O3/c1-19-6-3-7-24(20(19)2)32-12-14-33(15-13-32)29(34)21-10-11-22-23(18-21)31-28(26-9-5-17-36-26)27(30-22)25-8-4-16-35-25/h3-11,16-18H,12-15H2,1-2H3. The molecule has 1 saturated heterocycles. The summed E-state index contributed by atoms with van der Waals surface area (Å²) in [5, 5.41) is 0. The number of aromatic nitrogens is 2. The fraction of sp³-hybridized carbons (Fsp3) is 0.207. The summed E-state index contributed by atoms with van der Waals surface area (Å²) in [4.78, 5) is 27.3. The van der Waals surface area contributed by atoms with Crippen molar-refractivity contribution in [3.63, 3.8) is 0 Å². The maximum absolute atomic E-state index is 13.4. The Morgan fingerprint density at radius 1 is 0.778 bits per heavy atom. The third-order valence-corrected chi connectivity index (χ3v) is 6.90. The molecule has 0 spiro atoms. The lowest BCUT2D eigenvalue weighted by Crippen LogP contribution is -2.49. The summed E-state index contributed by atoms with van der Waals surface area (Å²) in [6.07, 6.45) is 3.21. The summed E-state index contributed by atoms with van der Waals surface area (Å²) in [5.41, 5.74) is 6.94. The normalized spacial score (nSPS) is 13.9. The number of hydrogen-bond donors (Lipinski definition) is 0. The Bertz CT molecular complexity index is 1530. The second-order valence-corrected chi connectivity index (χ2v) is 9.08. The van der Waals surface area contributed by atoms with E-state index in [1.165, 1.54) is 16.8 Å². The molecule has 7 heteroatoms. The van der Waals surface area contributed by atoms with E-state index in [0.29, 0.717) is 52.6 Å². The van der Waals surface area contributed by atoms with Crippen molar-refractivity contribution in [3.8, 4) is 22.9 Å². The molecule has 4 heterocycles. The number of hydrogen-bond acceptors (Lipinski definition) is 6. The zero-order chi connectivity index (χ0) is 24.6. The minimum Gasteiger partial charge on any atom is -0.463 e. The van der Waals surface area contributed by atoms with E-state index >= 15 is 0 Å². The Morgan fingerprint density at radius 2 is 1.44 bits per heavy atom. The van der Waals surface area contributed by atoms with Crippen LogP contribution in [-0.4, -0.2) is 47.0 Å². The number of furan rings is 2. The highest BCUT2D eigenvalue weighted by Gasteiger charge is 2.24. The van der Waals surface area contributed by atoms with Gasteiger partial charge in [0.25, 0.3) is 5.91 Å². The number of carbonyl (C=O) groups excluding carboxylic acids is 1. The van der Waals surface area contributed by atoms with Gasteiger partial charge in [0, 0.05) is 37.4 Å². The van der Waals surface area contributed by atoms with E-state index in [1.807, 2.05) is 47.4 Å². The van der Waals surface area contributed by atoms with Gasteiger partial charge in [-0.1, -0.05) is 12.1 Å². The van der Waals surface area contributed by atoms with Gasteiger partial charge in [-0.3, -0.25) is 4.79 Å². The third kappa shape index (κ3) is 3.92. The van der Waals surface area contributed by atoms with Crippen LogP contribution >= 0.6 is 0 Å². The van der Waals surface area contributed by atoms with Crippen molar-refractivity contribution in [2.45, 2.75) is 13.8 Å². The van der Waals surface area contributed by atoms with Gasteiger partial charge in [0.05, 0.1) is 23.6 Å². The number of nitrogens with zero attached hydrogens (tertiary/aromatic N) is 4. The van der Waals surface area contributed by atoms with Crippen LogP contribution in [0.3, 0.4) is 0 Å². The molecule has 0 atom stereocenters. The van der Waals surface area contributed by atoms with Crippen molar-refractivity contribution in [1.29, 1.82) is 0 Å². The quantitative estimate of drug-likeness (QED) is 0.328. The van der Waals surface area contributed by atoms with Gasteiger partial charge in [-0.25, -0.2) is 9.97 Å². The lowest BCUT2D eigenvalue weighted by atomic mass is 10.1. The Morgan fingerprint density at radius 3 is 2.08 bits per heavy atom. The molecule has 2 aromatic carbocycles. The van der Waals surface area contributed by atoms with Crippen LogP contribution in [0.5, 0.6) is 0 Å². The molecule has 0 N–H and O–H groups in total. The van der Waals surface area contributed by atoms with Crippen molar-refractivity contribution >= 4 is 22.6 Å². The van der Waals surface area contributed by atoms with E-state index in [4.69, 9.17) is 18.8 Å². The van der Waals surface area contributed by atoms with Crippen LogP contribution in [0.15, 0.2) is 82.0 Å². The van der Waals surface area contributed by atoms with Gasteiger partial charge in [0.1, 0.15) is 11.4 Å².